The van der Waals surface area contributed by atoms with Crippen molar-refractivity contribution in [1.82, 2.24) is 14.5 Å². The highest BCUT2D eigenvalue weighted by Crippen LogP contribution is 2.22. The first-order valence-electron chi connectivity index (χ1n) is 8.72. The van der Waals surface area contributed by atoms with E-state index in [9.17, 15) is 4.79 Å². The van der Waals surface area contributed by atoms with Gasteiger partial charge in [-0.05, 0) is 42.7 Å². The lowest BCUT2D eigenvalue weighted by atomic mass is 10.1. The van der Waals surface area contributed by atoms with E-state index in [1.165, 1.54) is 5.56 Å². The molecule has 0 N–H and O–H groups in total. The summed E-state index contributed by atoms with van der Waals surface area (Å²) in [5.41, 5.74) is 2.90. The fraction of sp³-hybridized carbons (Fsp3) is 0.250. The monoisotopic (exact) mass is 410 g/mol. The third-order valence-electron chi connectivity index (χ3n) is 4.62. The van der Waals surface area contributed by atoms with E-state index in [0.717, 1.165) is 48.5 Å². The van der Waals surface area contributed by atoms with E-state index >= 15 is 0 Å². The number of fused-ring (bicyclic) bond motifs is 1. The SMILES string of the molecule is O=c1cc(-c2ccncc2)nc2n1CCCN2CCc1cccc(Br)c1. The van der Waals surface area contributed by atoms with Gasteiger partial charge in [0.2, 0.25) is 5.95 Å². The Labute approximate surface area is 160 Å². The predicted molar refractivity (Wildman–Crippen MR) is 106 cm³/mol. The summed E-state index contributed by atoms with van der Waals surface area (Å²) < 4.78 is 2.87. The Kier molecular flexibility index (Phi) is 4.84. The number of nitrogens with zero attached hydrogens (tertiary/aromatic N) is 4. The molecule has 2 aromatic heterocycles. The molecule has 5 nitrogen and oxygen atoms in total. The number of rotatable bonds is 4. The topological polar surface area (TPSA) is 51.0 Å². The molecule has 0 fully saturated rings. The smallest absolute Gasteiger partial charge is 0.255 e. The molecule has 0 amide bonds. The molecule has 1 aliphatic rings. The van der Waals surface area contributed by atoms with E-state index in [-0.39, 0.29) is 5.56 Å². The number of hydrogen-bond acceptors (Lipinski definition) is 4. The second-order valence-electron chi connectivity index (χ2n) is 6.39. The molecule has 0 radical (unpaired) electrons. The van der Waals surface area contributed by atoms with Crippen LogP contribution in [0, 0.1) is 0 Å². The number of hydrogen-bond donors (Lipinski definition) is 0. The van der Waals surface area contributed by atoms with Crippen molar-refractivity contribution in [2.24, 2.45) is 0 Å². The molecule has 0 spiro atoms. The van der Waals surface area contributed by atoms with Crippen molar-refractivity contribution in [3.05, 3.63) is 75.2 Å². The number of halogens is 1. The quantitative estimate of drug-likeness (QED) is 0.659. The van der Waals surface area contributed by atoms with Crippen LogP contribution in [0.25, 0.3) is 11.3 Å². The lowest BCUT2D eigenvalue weighted by molar-refractivity contribution is 0.532. The average molecular weight is 411 g/mol. The number of anilines is 1. The Morgan fingerprint density at radius 1 is 1.08 bits per heavy atom. The van der Waals surface area contributed by atoms with E-state index in [1.807, 2.05) is 24.3 Å². The molecule has 0 saturated carbocycles. The maximum Gasteiger partial charge on any atom is 0.255 e. The molecule has 3 heterocycles. The zero-order valence-electron chi connectivity index (χ0n) is 14.3. The molecule has 0 aliphatic carbocycles. The number of benzene rings is 1. The highest BCUT2D eigenvalue weighted by atomic mass is 79.9. The fourth-order valence-electron chi connectivity index (χ4n) is 3.30. The van der Waals surface area contributed by atoms with E-state index < -0.39 is 0 Å². The Morgan fingerprint density at radius 2 is 1.92 bits per heavy atom. The van der Waals surface area contributed by atoms with Gasteiger partial charge in [-0.1, -0.05) is 28.1 Å². The summed E-state index contributed by atoms with van der Waals surface area (Å²) in [5.74, 6) is 0.769. The van der Waals surface area contributed by atoms with Crippen LogP contribution < -0.4 is 10.5 Å². The van der Waals surface area contributed by atoms with Crippen LogP contribution in [0.5, 0.6) is 0 Å². The minimum Gasteiger partial charge on any atom is -0.342 e. The molecule has 0 atom stereocenters. The summed E-state index contributed by atoms with van der Waals surface area (Å²) in [7, 11) is 0. The largest absolute Gasteiger partial charge is 0.342 e. The maximum absolute atomic E-state index is 12.6. The molecule has 132 valence electrons. The first-order valence-corrected chi connectivity index (χ1v) is 9.52. The van der Waals surface area contributed by atoms with Crippen molar-refractivity contribution in [3.8, 4) is 11.3 Å². The van der Waals surface area contributed by atoms with Gasteiger partial charge in [0.25, 0.3) is 5.56 Å². The number of aromatic nitrogens is 3. The summed E-state index contributed by atoms with van der Waals surface area (Å²) in [4.78, 5) is 23.7. The summed E-state index contributed by atoms with van der Waals surface area (Å²) in [6.07, 6.45) is 5.31. The Bertz CT molecular complexity index is 971. The second-order valence-corrected chi connectivity index (χ2v) is 7.30. The van der Waals surface area contributed by atoms with Crippen LogP contribution in [0.4, 0.5) is 5.95 Å². The first-order chi connectivity index (χ1) is 12.7. The van der Waals surface area contributed by atoms with Crippen LogP contribution in [-0.4, -0.2) is 27.6 Å². The zero-order chi connectivity index (χ0) is 17.9. The van der Waals surface area contributed by atoms with Gasteiger partial charge >= 0.3 is 0 Å². The third-order valence-corrected chi connectivity index (χ3v) is 5.11. The molecule has 6 heteroatoms. The molecular formula is C20H19BrN4O. The van der Waals surface area contributed by atoms with Gasteiger partial charge in [-0.15, -0.1) is 0 Å². The lowest BCUT2D eigenvalue weighted by Crippen LogP contribution is -2.39. The summed E-state index contributed by atoms with van der Waals surface area (Å²) in [6, 6.07) is 13.7. The Balaban J connectivity index is 1.64. The molecule has 1 aromatic carbocycles. The molecule has 4 rings (SSSR count). The summed E-state index contributed by atoms with van der Waals surface area (Å²) in [6.45, 7) is 2.48. The van der Waals surface area contributed by atoms with E-state index in [2.05, 4.69) is 37.9 Å². The Morgan fingerprint density at radius 3 is 2.73 bits per heavy atom. The highest BCUT2D eigenvalue weighted by molar-refractivity contribution is 9.10. The highest BCUT2D eigenvalue weighted by Gasteiger charge is 2.20. The van der Waals surface area contributed by atoms with Crippen LogP contribution in [0.1, 0.15) is 12.0 Å². The molecular weight excluding hydrogens is 392 g/mol. The zero-order valence-corrected chi connectivity index (χ0v) is 15.9. The molecule has 3 aromatic rings. The molecule has 0 bridgehead atoms. The minimum absolute atomic E-state index is 0.00830. The maximum atomic E-state index is 12.6. The number of pyridine rings is 1. The molecule has 26 heavy (non-hydrogen) atoms. The average Bonchev–Trinajstić information content (AvgIpc) is 2.67. The summed E-state index contributed by atoms with van der Waals surface area (Å²) in [5, 5.41) is 0. The van der Waals surface area contributed by atoms with Crippen molar-refractivity contribution in [2.45, 2.75) is 19.4 Å². The van der Waals surface area contributed by atoms with Crippen LogP contribution in [0.2, 0.25) is 0 Å². The normalized spacial score (nSPS) is 13.5. The van der Waals surface area contributed by atoms with Crippen LogP contribution in [0.15, 0.2) is 64.1 Å². The van der Waals surface area contributed by atoms with Crippen molar-refractivity contribution >= 4 is 21.9 Å². The van der Waals surface area contributed by atoms with E-state index in [0.29, 0.717) is 5.69 Å². The van der Waals surface area contributed by atoms with Gasteiger partial charge in [-0.3, -0.25) is 14.3 Å². The van der Waals surface area contributed by atoms with E-state index in [4.69, 9.17) is 4.98 Å². The minimum atomic E-state index is 0.00830. The van der Waals surface area contributed by atoms with Gasteiger partial charge < -0.3 is 4.90 Å². The van der Waals surface area contributed by atoms with Crippen LogP contribution >= 0.6 is 15.9 Å². The van der Waals surface area contributed by atoms with Crippen molar-refractivity contribution in [3.63, 3.8) is 0 Å². The second kappa shape index (κ2) is 7.41. The fourth-order valence-corrected chi connectivity index (χ4v) is 3.75. The van der Waals surface area contributed by atoms with Gasteiger partial charge in [0.15, 0.2) is 0 Å². The van der Waals surface area contributed by atoms with Gasteiger partial charge in [0, 0.05) is 48.1 Å². The lowest BCUT2D eigenvalue weighted by Gasteiger charge is -2.31. The third kappa shape index (κ3) is 3.55. The van der Waals surface area contributed by atoms with Crippen molar-refractivity contribution < 1.29 is 0 Å². The predicted octanol–water partition coefficient (Wildman–Crippen LogP) is 3.52. The summed E-state index contributed by atoms with van der Waals surface area (Å²) >= 11 is 3.52. The molecule has 0 saturated heterocycles. The van der Waals surface area contributed by atoms with Gasteiger partial charge in [-0.25, -0.2) is 4.98 Å². The van der Waals surface area contributed by atoms with Crippen molar-refractivity contribution in [2.75, 3.05) is 18.0 Å². The first kappa shape index (κ1) is 17.0. The van der Waals surface area contributed by atoms with Crippen LogP contribution in [0.3, 0.4) is 0 Å². The molecule has 0 unspecified atom stereocenters. The molecule has 1 aliphatic heterocycles. The van der Waals surface area contributed by atoms with Crippen LogP contribution in [-0.2, 0) is 13.0 Å². The van der Waals surface area contributed by atoms with Gasteiger partial charge in [0.05, 0.1) is 5.69 Å². The van der Waals surface area contributed by atoms with Gasteiger partial charge in [0.1, 0.15) is 0 Å². The van der Waals surface area contributed by atoms with Gasteiger partial charge in [-0.2, -0.15) is 0 Å². The standard InChI is InChI=1S/C20H19BrN4O/c21-17-4-1-3-15(13-17)7-12-24-10-2-11-25-19(26)14-18(23-20(24)25)16-5-8-22-9-6-16/h1,3-6,8-9,13-14H,2,7,10-12H2. The van der Waals surface area contributed by atoms with E-state index in [1.54, 1.807) is 23.0 Å². The Hall–Kier alpha value is -2.47. The van der Waals surface area contributed by atoms with Crippen molar-refractivity contribution in [1.29, 1.82) is 0 Å².